The molecule has 0 unspecified atom stereocenters. The first-order chi connectivity index (χ1) is 12.9. The van der Waals surface area contributed by atoms with E-state index < -0.39 is 5.97 Å². The molecule has 0 radical (unpaired) electrons. The molecule has 0 fully saturated rings. The molecule has 0 atom stereocenters. The monoisotopic (exact) mass is 371 g/mol. The average molecular weight is 371 g/mol. The van der Waals surface area contributed by atoms with E-state index in [1.807, 2.05) is 38.1 Å². The Labute approximate surface area is 159 Å². The molecule has 2 aromatic rings. The molecule has 0 saturated heterocycles. The van der Waals surface area contributed by atoms with Crippen LogP contribution in [-0.4, -0.2) is 29.7 Å². The number of aryl methyl sites for hydroxylation is 2. The molecule has 6 heteroatoms. The van der Waals surface area contributed by atoms with Gasteiger partial charge in [-0.2, -0.15) is 0 Å². The largest absolute Gasteiger partial charge is 0.457 e. The molecule has 2 heterocycles. The minimum atomic E-state index is -0.390. The standard InChI is InChI=1S/C21H25NO5/c1-13(2)22-14(3)9-17(15(22)4)18(23)11-25-21(24)8-6-16-5-7-19-20(10-16)27-12-26-19/h5,7,9-10,13H,6,8,11-12H2,1-4H3. The topological polar surface area (TPSA) is 66.8 Å². The number of nitrogens with zero attached hydrogens (tertiary/aromatic N) is 1. The van der Waals surface area contributed by atoms with Gasteiger partial charge in [0, 0.05) is 29.4 Å². The lowest BCUT2D eigenvalue weighted by Gasteiger charge is -2.13. The molecule has 144 valence electrons. The quantitative estimate of drug-likeness (QED) is 0.547. The van der Waals surface area contributed by atoms with Gasteiger partial charge >= 0.3 is 5.97 Å². The molecule has 0 spiro atoms. The van der Waals surface area contributed by atoms with Gasteiger partial charge in [-0.05, 0) is 57.9 Å². The van der Waals surface area contributed by atoms with Crippen molar-refractivity contribution in [2.45, 2.75) is 46.6 Å². The van der Waals surface area contributed by atoms with Crippen LogP contribution in [0.5, 0.6) is 11.5 Å². The molecule has 0 bridgehead atoms. The van der Waals surface area contributed by atoms with Crippen LogP contribution < -0.4 is 9.47 Å². The number of benzene rings is 1. The predicted molar refractivity (Wildman–Crippen MR) is 100 cm³/mol. The summed E-state index contributed by atoms with van der Waals surface area (Å²) in [6.45, 7) is 8.03. The summed E-state index contributed by atoms with van der Waals surface area (Å²) >= 11 is 0. The van der Waals surface area contributed by atoms with Crippen molar-refractivity contribution in [3.63, 3.8) is 0 Å². The fourth-order valence-corrected chi connectivity index (χ4v) is 3.49. The lowest BCUT2D eigenvalue weighted by Crippen LogP contribution is -2.15. The third-order valence-corrected chi connectivity index (χ3v) is 4.72. The highest BCUT2D eigenvalue weighted by Crippen LogP contribution is 2.32. The van der Waals surface area contributed by atoms with Gasteiger partial charge in [-0.25, -0.2) is 0 Å². The first-order valence-electron chi connectivity index (χ1n) is 9.12. The third-order valence-electron chi connectivity index (χ3n) is 4.72. The van der Waals surface area contributed by atoms with Gasteiger partial charge in [-0.3, -0.25) is 9.59 Å². The van der Waals surface area contributed by atoms with Crippen LogP contribution in [-0.2, 0) is 16.0 Å². The van der Waals surface area contributed by atoms with E-state index in [4.69, 9.17) is 14.2 Å². The van der Waals surface area contributed by atoms with Crippen molar-refractivity contribution in [2.24, 2.45) is 0 Å². The molecule has 0 aliphatic carbocycles. The number of aromatic nitrogens is 1. The number of hydrogen-bond acceptors (Lipinski definition) is 5. The Balaban J connectivity index is 1.52. The Kier molecular flexibility index (Phi) is 5.54. The van der Waals surface area contributed by atoms with Crippen molar-refractivity contribution in [3.8, 4) is 11.5 Å². The zero-order chi connectivity index (χ0) is 19.6. The summed E-state index contributed by atoms with van der Waals surface area (Å²) in [4.78, 5) is 24.5. The summed E-state index contributed by atoms with van der Waals surface area (Å²) in [6.07, 6.45) is 0.726. The van der Waals surface area contributed by atoms with Crippen LogP contribution in [0.2, 0.25) is 0 Å². The summed E-state index contributed by atoms with van der Waals surface area (Å²) in [5.74, 6) is 0.840. The summed E-state index contributed by atoms with van der Waals surface area (Å²) in [6, 6.07) is 7.72. The van der Waals surface area contributed by atoms with Crippen molar-refractivity contribution in [1.29, 1.82) is 0 Å². The van der Waals surface area contributed by atoms with Gasteiger partial charge in [-0.15, -0.1) is 0 Å². The Bertz CT molecular complexity index is 866. The maximum atomic E-state index is 12.4. The predicted octanol–water partition coefficient (Wildman–Crippen LogP) is 3.77. The van der Waals surface area contributed by atoms with Gasteiger partial charge in [0.25, 0.3) is 0 Å². The normalized spacial score (nSPS) is 12.5. The van der Waals surface area contributed by atoms with Crippen molar-refractivity contribution < 1.29 is 23.8 Å². The second kappa shape index (κ2) is 7.86. The molecule has 27 heavy (non-hydrogen) atoms. The van der Waals surface area contributed by atoms with E-state index in [9.17, 15) is 9.59 Å². The fraction of sp³-hybridized carbons (Fsp3) is 0.429. The number of Topliss-reactive ketones (excluding diaryl/α,β-unsaturated/α-hetero) is 1. The van der Waals surface area contributed by atoms with Crippen LogP contribution in [0.15, 0.2) is 24.3 Å². The highest BCUT2D eigenvalue weighted by atomic mass is 16.7. The summed E-state index contributed by atoms with van der Waals surface area (Å²) < 4.78 is 17.9. The molecule has 6 nitrogen and oxygen atoms in total. The van der Waals surface area contributed by atoms with Crippen molar-refractivity contribution in [2.75, 3.05) is 13.4 Å². The number of rotatable bonds is 7. The number of ether oxygens (including phenoxy) is 3. The van der Waals surface area contributed by atoms with E-state index in [1.165, 1.54) is 0 Å². The fourth-order valence-electron chi connectivity index (χ4n) is 3.49. The molecule has 1 aliphatic heterocycles. The lowest BCUT2D eigenvalue weighted by molar-refractivity contribution is -0.142. The molecule has 0 amide bonds. The number of carbonyl (C=O) groups excluding carboxylic acids is 2. The lowest BCUT2D eigenvalue weighted by atomic mass is 10.1. The van der Waals surface area contributed by atoms with Gasteiger partial charge in [0.1, 0.15) is 0 Å². The van der Waals surface area contributed by atoms with Crippen molar-refractivity contribution in [1.82, 2.24) is 4.57 Å². The van der Waals surface area contributed by atoms with E-state index in [-0.39, 0.29) is 31.6 Å². The van der Waals surface area contributed by atoms with E-state index in [0.29, 0.717) is 23.5 Å². The summed E-state index contributed by atoms with van der Waals surface area (Å²) in [7, 11) is 0. The number of ketones is 1. The highest BCUT2D eigenvalue weighted by molar-refractivity contribution is 5.99. The number of hydrogen-bond donors (Lipinski definition) is 0. The SMILES string of the molecule is Cc1cc(C(=O)COC(=O)CCc2ccc3c(c2)OCO3)c(C)n1C(C)C. The second-order valence-corrected chi connectivity index (χ2v) is 7.02. The maximum absolute atomic E-state index is 12.4. The minimum absolute atomic E-state index is 0.175. The smallest absolute Gasteiger partial charge is 0.306 e. The first-order valence-corrected chi connectivity index (χ1v) is 9.12. The Morgan fingerprint density at radius 1 is 1.15 bits per heavy atom. The Morgan fingerprint density at radius 2 is 1.89 bits per heavy atom. The van der Waals surface area contributed by atoms with Crippen LogP contribution in [0.25, 0.3) is 0 Å². The number of fused-ring (bicyclic) bond motifs is 1. The van der Waals surface area contributed by atoms with Crippen LogP contribution in [0.3, 0.4) is 0 Å². The average Bonchev–Trinajstić information content (AvgIpc) is 3.21. The molecular formula is C21H25NO5. The maximum Gasteiger partial charge on any atom is 0.306 e. The molecule has 3 rings (SSSR count). The van der Waals surface area contributed by atoms with E-state index in [1.54, 1.807) is 0 Å². The second-order valence-electron chi connectivity index (χ2n) is 7.02. The van der Waals surface area contributed by atoms with Gasteiger partial charge in [-0.1, -0.05) is 6.07 Å². The molecular weight excluding hydrogens is 346 g/mol. The summed E-state index contributed by atoms with van der Waals surface area (Å²) in [5.41, 5.74) is 3.51. The van der Waals surface area contributed by atoms with Crippen LogP contribution in [0.4, 0.5) is 0 Å². The van der Waals surface area contributed by atoms with E-state index in [2.05, 4.69) is 18.4 Å². The van der Waals surface area contributed by atoms with Crippen molar-refractivity contribution in [3.05, 3.63) is 46.8 Å². The molecule has 0 N–H and O–H groups in total. The van der Waals surface area contributed by atoms with Gasteiger partial charge in [0.05, 0.1) is 0 Å². The number of carbonyl (C=O) groups is 2. The number of esters is 1. The molecule has 1 aliphatic rings. The van der Waals surface area contributed by atoms with Crippen LogP contribution >= 0.6 is 0 Å². The van der Waals surface area contributed by atoms with Crippen molar-refractivity contribution >= 4 is 11.8 Å². The molecule has 1 aromatic heterocycles. The Hall–Kier alpha value is -2.76. The van der Waals surface area contributed by atoms with Gasteiger partial charge in [0.15, 0.2) is 18.1 Å². The Morgan fingerprint density at radius 3 is 2.59 bits per heavy atom. The van der Waals surface area contributed by atoms with Crippen LogP contribution in [0, 0.1) is 13.8 Å². The van der Waals surface area contributed by atoms with E-state index in [0.717, 1.165) is 17.0 Å². The van der Waals surface area contributed by atoms with Crippen LogP contribution in [0.1, 0.15) is 53.6 Å². The first kappa shape index (κ1) is 19.0. The van der Waals surface area contributed by atoms with Gasteiger partial charge in [0.2, 0.25) is 12.6 Å². The van der Waals surface area contributed by atoms with E-state index >= 15 is 0 Å². The highest BCUT2D eigenvalue weighted by Gasteiger charge is 2.19. The summed E-state index contributed by atoms with van der Waals surface area (Å²) in [5, 5.41) is 0. The van der Waals surface area contributed by atoms with Gasteiger partial charge < -0.3 is 18.8 Å². The zero-order valence-electron chi connectivity index (χ0n) is 16.2. The molecule has 0 saturated carbocycles. The molecule has 1 aromatic carbocycles. The third kappa shape index (κ3) is 4.15. The zero-order valence-corrected chi connectivity index (χ0v) is 16.2. The minimum Gasteiger partial charge on any atom is -0.457 e.